The number of nitrogens with zero attached hydrogens (tertiary/aromatic N) is 5. The summed E-state index contributed by atoms with van der Waals surface area (Å²) in [4.78, 5) is 23.4. The zero-order valence-corrected chi connectivity index (χ0v) is 32.6. The number of aromatic nitrogens is 5. The molecule has 0 saturated carbocycles. The third kappa shape index (κ3) is 7.63. The number of benzene rings is 7. The van der Waals surface area contributed by atoms with E-state index in [2.05, 4.69) is 186 Å². The van der Waals surface area contributed by atoms with Gasteiger partial charge in [-0.15, -0.1) is 0 Å². The molecule has 5 heteroatoms. The fraction of sp³-hybridized carbons (Fsp3) is 0. The van der Waals surface area contributed by atoms with E-state index in [9.17, 15) is 0 Å². The van der Waals surface area contributed by atoms with Gasteiger partial charge in [-0.25, -0.2) is 15.0 Å². The maximum absolute atomic E-state index is 5.04. The average Bonchev–Trinajstić information content (AvgIpc) is 3.35. The summed E-state index contributed by atoms with van der Waals surface area (Å²) in [5.41, 5.74) is 16.3. The minimum atomic E-state index is 0.577. The Labute approximate surface area is 349 Å². The van der Waals surface area contributed by atoms with Gasteiger partial charge in [0, 0.05) is 41.5 Å². The molecule has 7 aromatic carbocycles. The van der Waals surface area contributed by atoms with Crippen molar-refractivity contribution in [1.82, 2.24) is 24.9 Å². The van der Waals surface area contributed by atoms with Crippen molar-refractivity contribution < 1.29 is 0 Å². The monoisotopic (exact) mass is 767 g/mol. The summed E-state index contributed by atoms with van der Waals surface area (Å²) in [6.07, 6.45) is 7.02. The summed E-state index contributed by atoms with van der Waals surface area (Å²) in [5, 5.41) is 0. The Morgan fingerprint density at radius 2 is 0.567 bits per heavy atom. The van der Waals surface area contributed by atoms with Crippen molar-refractivity contribution in [3.8, 4) is 101 Å². The Kier molecular flexibility index (Phi) is 9.88. The molecule has 3 heterocycles. The molecule has 5 nitrogen and oxygen atoms in total. The Bertz CT molecular complexity index is 2990. The molecule has 0 bridgehead atoms. The Morgan fingerprint density at radius 1 is 0.200 bits per heavy atom. The van der Waals surface area contributed by atoms with E-state index in [0.717, 1.165) is 61.2 Å². The third-order valence-corrected chi connectivity index (χ3v) is 10.7. The predicted molar refractivity (Wildman–Crippen MR) is 244 cm³/mol. The first-order chi connectivity index (χ1) is 29.7. The summed E-state index contributed by atoms with van der Waals surface area (Å²) in [7, 11) is 0. The maximum atomic E-state index is 5.04. The predicted octanol–water partition coefficient (Wildman–Crippen LogP) is 13.7. The van der Waals surface area contributed by atoms with Crippen LogP contribution in [-0.2, 0) is 0 Å². The highest BCUT2D eigenvalue weighted by atomic mass is 15.0. The van der Waals surface area contributed by atoms with Crippen molar-refractivity contribution >= 4 is 0 Å². The highest BCUT2D eigenvalue weighted by Crippen LogP contribution is 2.40. The topological polar surface area (TPSA) is 64.5 Å². The Morgan fingerprint density at radius 3 is 1.12 bits per heavy atom. The lowest BCUT2D eigenvalue weighted by atomic mass is 9.88. The molecule has 10 aromatic rings. The molecular weight excluding hydrogens is 731 g/mol. The highest BCUT2D eigenvalue weighted by molar-refractivity contribution is 5.91. The molecule has 3 aromatic heterocycles. The van der Waals surface area contributed by atoms with E-state index in [1.807, 2.05) is 24.3 Å². The molecule has 282 valence electrons. The molecule has 0 aliphatic heterocycles. The Balaban J connectivity index is 1.15. The molecule has 60 heavy (non-hydrogen) atoms. The molecule has 0 spiro atoms. The molecule has 10 rings (SSSR count). The van der Waals surface area contributed by atoms with E-state index in [1.165, 1.54) is 22.3 Å². The molecule has 0 atom stereocenters. The lowest BCUT2D eigenvalue weighted by molar-refractivity contribution is 1.07. The SMILES string of the molecule is c1ccc(-c2ccc(-c3cc(-c4cccc(-c5ccccc5)c4)cc(-c4ccc(-c5nc(-c6ccncc6)nc(-c6ccncc6)n5)cc4-c4ccccc4)c3)cc2)cc1. The first kappa shape index (κ1) is 36.2. The van der Waals surface area contributed by atoms with Crippen LogP contribution in [0.3, 0.4) is 0 Å². The normalized spacial score (nSPS) is 11.0. The van der Waals surface area contributed by atoms with Crippen LogP contribution < -0.4 is 0 Å². The number of hydrogen-bond acceptors (Lipinski definition) is 5. The first-order valence-corrected chi connectivity index (χ1v) is 20.0. The van der Waals surface area contributed by atoms with E-state index < -0.39 is 0 Å². The summed E-state index contributed by atoms with van der Waals surface area (Å²) in [6.45, 7) is 0. The second-order valence-corrected chi connectivity index (χ2v) is 14.6. The lowest BCUT2D eigenvalue weighted by Crippen LogP contribution is -2.00. The largest absolute Gasteiger partial charge is 0.265 e. The molecule has 0 fully saturated rings. The molecule has 0 saturated heterocycles. The van der Waals surface area contributed by atoms with Gasteiger partial charge in [0.05, 0.1) is 0 Å². The van der Waals surface area contributed by atoms with E-state index in [-0.39, 0.29) is 0 Å². The highest BCUT2D eigenvalue weighted by Gasteiger charge is 2.17. The summed E-state index contributed by atoms with van der Waals surface area (Å²) in [6, 6.07) is 70.5. The molecule has 0 aliphatic rings. The smallest absolute Gasteiger partial charge is 0.164 e. The van der Waals surface area contributed by atoms with E-state index in [4.69, 9.17) is 15.0 Å². The van der Waals surface area contributed by atoms with E-state index in [1.54, 1.807) is 24.8 Å². The zero-order chi connectivity index (χ0) is 40.1. The van der Waals surface area contributed by atoms with Gasteiger partial charge in [0.1, 0.15) is 0 Å². The fourth-order valence-corrected chi connectivity index (χ4v) is 7.67. The first-order valence-electron chi connectivity index (χ1n) is 20.0. The molecule has 0 unspecified atom stereocenters. The van der Waals surface area contributed by atoms with Crippen molar-refractivity contribution in [2.75, 3.05) is 0 Å². The van der Waals surface area contributed by atoms with Crippen molar-refractivity contribution in [2.45, 2.75) is 0 Å². The van der Waals surface area contributed by atoms with Gasteiger partial charge in [0.2, 0.25) is 0 Å². The van der Waals surface area contributed by atoms with Crippen molar-refractivity contribution in [3.05, 3.63) is 225 Å². The number of hydrogen-bond donors (Lipinski definition) is 0. The average molecular weight is 768 g/mol. The van der Waals surface area contributed by atoms with Crippen molar-refractivity contribution in [3.63, 3.8) is 0 Å². The number of pyridine rings is 2. The van der Waals surface area contributed by atoms with Crippen LogP contribution in [0.5, 0.6) is 0 Å². The maximum Gasteiger partial charge on any atom is 0.164 e. The summed E-state index contributed by atoms with van der Waals surface area (Å²) >= 11 is 0. The minimum absolute atomic E-state index is 0.577. The van der Waals surface area contributed by atoms with Gasteiger partial charge in [-0.05, 0) is 121 Å². The van der Waals surface area contributed by atoms with Crippen LogP contribution in [0.4, 0.5) is 0 Å². The van der Waals surface area contributed by atoms with Crippen LogP contribution in [0.25, 0.3) is 101 Å². The van der Waals surface area contributed by atoms with Crippen LogP contribution in [-0.4, -0.2) is 24.9 Å². The molecule has 0 aliphatic carbocycles. The molecular formula is C55H37N5. The van der Waals surface area contributed by atoms with Gasteiger partial charge in [-0.2, -0.15) is 0 Å². The number of rotatable bonds is 9. The van der Waals surface area contributed by atoms with Gasteiger partial charge >= 0.3 is 0 Å². The van der Waals surface area contributed by atoms with Crippen LogP contribution >= 0.6 is 0 Å². The van der Waals surface area contributed by atoms with Crippen LogP contribution in [0.15, 0.2) is 225 Å². The van der Waals surface area contributed by atoms with Crippen LogP contribution in [0, 0.1) is 0 Å². The second-order valence-electron chi connectivity index (χ2n) is 14.6. The standard InChI is InChI=1S/C55H37N5/c1-4-11-38(12-5-1)40-19-21-41(22-20-40)48-34-49(46-18-10-17-45(33-46)39-13-6-2-7-14-39)36-50(35-48)51-24-23-47(37-52(51)42-15-8-3-9-16-42)55-59-53(43-25-29-56-30-26-43)58-54(60-55)44-27-31-57-32-28-44/h1-37H. The lowest BCUT2D eigenvalue weighted by Gasteiger charge is -2.17. The third-order valence-electron chi connectivity index (χ3n) is 10.7. The second kappa shape index (κ2) is 16.4. The van der Waals surface area contributed by atoms with Gasteiger partial charge in [0.15, 0.2) is 17.5 Å². The van der Waals surface area contributed by atoms with E-state index >= 15 is 0 Å². The summed E-state index contributed by atoms with van der Waals surface area (Å²) in [5.74, 6) is 1.74. The summed E-state index contributed by atoms with van der Waals surface area (Å²) < 4.78 is 0. The zero-order valence-electron chi connectivity index (χ0n) is 32.6. The van der Waals surface area contributed by atoms with Crippen molar-refractivity contribution in [1.29, 1.82) is 0 Å². The van der Waals surface area contributed by atoms with Gasteiger partial charge in [0.25, 0.3) is 0 Å². The van der Waals surface area contributed by atoms with Crippen LogP contribution in [0.1, 0.15) is 0 Å². The van der Waals surface area contributed by atoms with Gasteiger partial charge in [-0.1, -0.05) is 146 Å². The molecule has 0 radical (unpaired) electrons. The van der Waals surface area contributed by atoms with Crippen molar-refractivity contribution in [2.24, 2.45) is 0 Å². The van der Waals surface area contributed by atoms with Gasteiger partial charge < -0.3 is 0 Å². The Hall–Kier alpha value is -8.15. The quantitative estimate of drug-likeness (QED) is 0.146. The molecule has 0 amide bonds. The minimum Gasteiger partial charge on any atom is -0.265 e. The van der Waals surface area contributed by atoms with Gasteiger partial charge in [-0.3, -0.25) is 9.97 Å². The molecule has 0 N–H and O–H groups in total. The van der Waals surface area contributed by atoms with E-state index in [0.29, 0.717) is 17.5 Å². The van der Waals surface area contributed by atoms with Crippen LogP contribution in [0.2, 0.25) is 0 Å². The fourth-order valence-electron chi connectivity index (χ4n) is 7.67.